The lowest BCUT2D eigenvalue weighted by atomic mass is 10.1. The van der Waals surface area contributed by atoms with Crippen LogP contribution >= 0.6 is 0 Å². The Morgan fingerprint density at radius 3 is 3.00 bits per heavy atom. The zero-order valence-electron chi connectivity index (χ0n) is 10.3. The molecule has 3 rings (SSSR count). The number of hydrogen-bond acceptors (Lipinski definition) is 4. The number of fused-ring (bicyclic) bond motifs is 3. The van der Waals surface area contributed by atoms with Gasteiger partial charge >= 0.3 is 5.97 Å². The van der Waals surface area contributed by atoms with Crippen LogP contribution in [0.3, 0.4) is 0 Å². The van der Waals surface area contributed by atoms with Gasteiger partial charge in [0.15, 0.2) is 11.3 Å². The maximum Gasteiger partial charge on any atom is 0.354 e. The highest BCUT2D eigenvalue weighted by Gasteiger charge is 2.22. The summed E-state index contributed by atoms with van der Waals surface area (Å²) in [5.74, 6) is -1.00. The molecule has 0 atom stereocenters. The second-order valence-corrected chi connectivity index (χ2v) is 4.74. The average molecular weight is 246 g/mol. The van der Waals surface area contributed by atoms with E-state index in [0.29, 0.717) is 5.65 Å². The second kappa shape index (κ2) is 3.78. The van der Waals surface area contributed by atoms with Crippen LogP contribution in [0.4, 0.5) is 0 Å². The van der Waals surface area contributed by atoms with Crippen LogP contribution in [0.1, 0.15) is 27.4 Å². The van der Waals surface area contributed by atoms with E-state index in [-0.39, 0.29) is 5.69 Å². The van der Waals surface area contributed by atoms with Crippen molar-refractivity contribution in [1.82, 2.24) is 19.5 Å². The summed E-state index contributed by atoms with van der Waals surface area (Å²) in [6.07, 6.45) is 0.886. The van der Waals surface area contributed by atoms with Gasteiger partial charge in [-0.25, -0.2) is 14.3 Å². The zero-order chi connectivity index (χ0) is 12.9. The van der Waals surface area contributed by atoms with Gasteiger partial charge in [0, 0.05) is 30.8 Å². The molecular weight excluding hydrogens is 232 g/mol. The summed E-state index contributed by atoms with van der Waals surface area (Å²) < 4.78 is 1.75. The Kier molecular flexibility index (Phi) is 2.34. The zero-order valence-corrected chi connectivity index (χ0v) is 10.3. The Morgan fingerprint density at radius 2 is 2.28 bits per heavy atom. The van der Waals surface area contributed by atoms with Crippen LogP contribution in [0.15, 0.2) is 6.07 Å². The number of aromatic carboxylic acids is 1. The number of carbonyl (C=O) groups is 1. The normalized spacial score (nSPS) is 15.9. The molecule has 94 valence electrons. The number of rotatable bonds is 1. The molecule has 6 nitrogen and oxygen atoms in total. The molecule has 0 radical (unpaired) electrons. The van der Waals surface area contributed by atoms with E-state index in [0.717, 1.165) is 36.5 Å². The van der Waals surface area contributed by atoms with Crippen molar-refractivity contribution in [3.63, 3.8) is 0 Å². The number of aryl methyl sites for hydroxylation is 1. The Morgan fingerprint density at radius 1 is 1.50 bits per heavy atom. The molecule has 2 aromatic heterocycles. The van der Waals surface area contributed by atoms with Crippen LogP contribution in [-0.2, 0) is 13.0 Å². The van der Waals surface area contributed by atoms with Crippen LogP contribution in [0, 0.1) is 6.92 Å². The summed E-state index contributed by atoms with van der Waals surface area (Å²) >= 11 is 0. The maximum absolute atomic E-state index is 11.0. The van der Waals surface area contributed by atoms with Gasteiger partial charge in [0.05, 0.1) is 5.69 Å². The SMILES string of the molecule is Cc1cc(C(=O)O)nc2c3c(nn12)CCN(C)C3. The lowest BCUT2D eigenvalue weighted by Crippen LogP contribution is -2.26. The summed E-state index contributed by atoms with van der Waals surface area (Å²) in [6, 6.07) is 1.55. The third kappa shape index (κ3) is 1.57. The molecule has 0 spiro atoms. The molecule has 0 fully saturated rings. The first-order valence-electron chi connectivity index (χ1n) is 5.86. The topological polar surface area (TPSA) is 70.7 Å². The predicted molar refractivity (Wildman–Crippen MR) is 64.7 cm³/mol. The summed E-state index contributed by atoms with van der Waals surface area (Å²) in [4.78, 5) is 17.5. The standard InChI is InChI=1S/C12H14N4O2/c1-7-5-10(12(17)18)13-11-8-6-15(2)4-3-9(8)14-16(7)11/h5H,3-4,6H2,1-2H3,(H,17,18). The van der Waals surface area contributed by atoms with Gasteiger partial charge in [-0.1, -0.05) is 0 Å². The molecule has 3 heterocycles. The van der Waals surface area contributed by atoms with E-state index in [9.17, 15) is 4.79 Å². The highest BCUT2D eigenvalue weighted by atomic mass is 16.4. The van der Waals surface area contributed by atoms with E-state index < -0.39 is 5.97 Å². The van der Waals surface area contributed by atoms with Gasteiger partial charge in [-0.2, -0.15) is 5.10 Å². The van der Waals surface area contributed by atoms with E-state index in [2.05, 4.69) is 15.0 Å². The maximum atomic E-state index is 11.0. The molecular formula is C12H14N4O2. The summed E-state index contributed by atoms with van der Waals surface area (Å²) in [5, 5.41) is 13.6. The molecule has 6 heteroatoms. The minimum atomic E-state index is -1.00. The third-order valence-corrected chi connectivity index (χ3v) is 3.32. The molecule has 0 aromatic carbocycles. The molecule has 0 saturated carbocycles. The van der Waals surface area contributed by atoms with Crippen LogP contribution in [0.25, 0.3) is 5.65 Å². The van der Waals surface area contributed by atoms with Gasteiger partial charge in [-0.05, 0) is 20.0 Å². The second-order valence-electron chi connectivity index (χ2n) is 4.74. The van der Waals surface area contributed by atoms with Crippen molar-refractivity contribution in [2.24, 2.45) is 0 Å². The van der Waals surface area contributed by atoms with Crippen molar-refractivity contribution in [3.8, 4) is 0 Å². The highest BCUT2D eigenvalue weighted by molar-refractivity contribution is 5.86. The number of aromatic nitrogens is 3. The molecule has 1 N–H and O–H groups in total. The van der Waals surface area contributed by atoms with E-state index in [1.165, 1.54) is 0 Å². The number of carboxylic acids is 1. The molecule has 1 aliphatic heterocycles. The number of likely N-dealkylation sites (N-methyl/N-ethyl adjacent to an activating group) is 1. The molecule has 0 bridgehead atoms. The molecule has 0 saturated heterocycles. The van der Waals surface area contributed by atoms with Gasteiger partial charge in [-0.15, -0.1) is 0 Å². The van der Waals surface area contributed by atoms with Crippen LogP contribution in [-0.4, -0.2) is 44.2 Å². The number of hydrogen-bond donors (Lipinski definition) is 1. The van der Waals surface area contributed by atoms with Crippen molar-refractivity contribution >= 4 is 11.6 Å². The fraction of sp³-hybridized carbons (Fsp3) is 0.417. The van der Waals surface area contributed by atoms with Crippen LogP contribution in [0.5, 0.6) is 0 Å². The minimum Gasteiger partial charge on any atom is -0.477 e. The quantitative estimate of drug-likeness (QED) is 0.803. The van der Waals surface area contributed by atoms with Crippen molar-refractivity contribution in [1.29, 1.82) is 0 Å². The van der Waals surface area contributed by atoms with Gasteiger partial charge in [0.25, 0.3) is 0 Å². The van der Waals surface area contributed by atoms with Gasteiger partial charge in [0.1, 0.15) is 0 Å². The van der Waals surface area contributed by atoms with Gasteiger partial charge in [0.2, 0.25) is 0 Å². The molecule has 0 unspecified atom stereocenters. The number of nitrogens with zero attached hydrogens (tertiary/aromatic N) is 4. The Balaban J connectivity index is 2.28. The predicted octanol–water partition coefficient (Wildman–Crippen LogP) is 0.724. The summed E-state index contributed by atoms with van der Waals surface area (Å²) in [6.45, 7) is 3.60. The monoisotopic (exact) mass is 246 g/mol. The smallest absolute Gasteiger partial charge is 0.354 e. The summed E-state index contributed by atoms with van der Waals surface area (Å²) in [7, 11) is 2.04. The molecule has 18 heavy (non-hydrogen) atoms. The third-order valence-electron chi connectivity index (χ3n) is 3.32. The Bertz CT molecular complexity index is 647. The van der Waals surface area contributed by atoms with Crippen LogP contribution in [0.2, 0.25) is 0 Å². The molecule has 2 aromatic rings. The minimum absolute atomic E-state index is 0.0796. The fourth-order valence-corrected chi connectivity index (χ4v) is 2.37. The largest absolute Gasteiger partial charge is 0.477 e. The van der Waals surface area contributed by atoms with Crippen molar-refractivity contribution in [2.45, 2.75) is 19.9 Å². The Hall–Kier alpha value is -1.95. The van der Waals surface area contributed by atoms with Crippen molar-refractivity contribution in [2.75, 3.05) is 13.6 Å². The van der Waals surface area contributed by atoms with E-state index >= 15 is 0 Å². The first kappa shape index (κ1) is 11.2. The van der Waals surface area contributed by atoms with E-state index in [1.807, 2.05) is 14.0 Å². The van der Waals surface area contributed by atoms with Crippen molar-refractivity contribution < 1.29 is 9.90 Å². The Labute approximate surface area is 104 Å². The number of carboxylic acid groups (broad SMARTS) is 1. The molecule has 1 aliphatic rings. The molecule has 0 aliphatic carbocycles. The summed E-state index contributed by atoms with van der Waals surface area (Å²) in [5.41, 5.74) is 3.64. The highest BCUT2D eigenvalue weighted by Crippen LogP contribution is 2.22. The van der Waals surface area contributed by atoms with Gasteiger partial charge in [-0.3, -0.25) is 0 Å². The average Bonchev–Trinajstić information content (AvgIpc) is 2.68. The van der Waals surface area contributed by atoms with E-state index in [1.54, 1.807) is 10.6 Å². The lowest BCUT2D eigenvalue weighted by Gasteiger charge is -2.20. The van der Waals surface area contributed by atoms with Crippen LogP contribution < -0.4 is 0 Å². The first-order chi connectivity index (χ1) is 8.56. The first-order valence-corrected chi connectivity index (χ1v) is 5.86. The fourth-order valence-electron chi connectivity index (χ4n) is 2.37. The van der Waals surface area contributed by atoms with E-state index in [4.69, 9.17) is 5.11 Å². The molecule has 0 amide bonds. The lowest BCUT2D eigenvalue weighted by molar-refractivity contribution is 0.0690. The van der Waals surface area contributed by atoms with Crippen molar-refractivity contribution in [3.05, 3.63) is 28.7 Å². The van der Waals surface area contributed by atoms with Gasteiger partial charge < -0.3 is 10.0 Å².